The molecular formula is C29H47N5O7S. The van der Waals surface area contributed by atoms with E-state index in [-0.39, 0.29) is 24.3 Å². The third-order valence-corrected chi connectivity index (χ3v) is 9.58. The molecule has 4 aliphatic rings. The lowest BCUT2D eigenvalue weighted by Crippen LogP contribution is -2.59. The molecule has 0 aromatic heterocycles. The Kier molecular flexibility index (Phi) is 10.2. The molecule has 4 rings (SSSR count). The van der Waals surface area contributed by atoms with Crippen molar-refractivity contribution < 1.29 is 32.3 Å². The Balaban J connectivity index is 1.51. The Labute approximate surface area is 249 Å². The van der Waals surface area contributed by atoms with Crippen molar-refractivity contribution in [3.8, 4) is 0 Å². The summed E-state index contributed by atoms with van der Waals surface area (Å²) in [6.07, 6.45) is 12.3. The van der Waals surface area contributed by atoms with E-state index in [4.69, 9.17) is 4.74 Å². The van der Waals surface area contributed by atoms with E-state index in [1.54, 1.807) is 20.8 Å². The van der Waals surface area contributed by atoms with Crippen LogP contribution in [0.4, 0.5) is 4.79 Å². The zero-order valence-electron chi connectivity index (χ0n) is 25.1. The first-order chi connectivity index (χ1) is 19.8. The Hall–Kier alpha value is -2.67. The highest BCUT2D eigenvalue weighted by atomic mass is 32.2. The SMILES string of the molecule is CC(C)(C)OC(=O)N[C@H]1CCCCC/C=C\[C@@H]2C[C@@]2(C(=O)NS(=O)(=O)NC2CCCCC2)NC(=O)[C@@H]2CCCN2C1=O. The van der Waals surface area contributed by atoms with Crippen LogP contribution in [-0.4, -0.2) is 72.9 Å². The summed E-state index contributed by atoms with van der Waals surface area (Å²) in [5.41, 5.74) is -2.15. The highest BCUT2D eigenvalue weighted by Crippen LogP contribution is 2.45. The highest BCUT2D eigenvalue weighted by Gasteiger charge is 2.61. The van der Waals surface area contributed by atoms with Crippen molar-refractivity contribution >= 4 is 34.0 Å². The summed E-state index contributed by atoms with van der Waals surface area (Å²) in [7, 11) is -4.12. The molecule has 2 saturated carbocycles. The van der Waals surface area contributed by atoms with Crippen LogP contribution in [0, 0.1) is 5.92 Å². The number of ether oxygens (including phenoxy) is 1. The molecule has 12 nitrogen and oxygen atoms in total. The minimum Gasteiger partial charge on any atom is -0.444 e. The number of nitrogens with zero attached hydrogens (tertiary/aromatic N) is 1. The van der Waals surface area contributed by atoms with Crippen molar-refractivity contribution in [3.05, 3.63) is 12.2 Å². The fourth-order valence-electron chi connectivity index (χ4n) is 6.23. The van der Waals surface area contributed by atoms with Crippen molar-refractivity contribution in [2.45, 2.75) is 134 Å². The number of alkyl carbamates (subject to hydrolysis) is 1. The van der Waals surface area contributed by atoms with Gasteiger partial charge in [-0.2, -0.15) is 13.1 Å². The van der Waals surface area contributed by atoms with Crippen molar-refractivity contribution in [1.29, 1.82) is 0 Å². The molecule has 0 radical (unpaired) electrons. The van der Waals surface area contributed by atoms with Crippen LogP contribution in [0.2, 0.25) is 0 Å². The monoisotopic (exact) mass is 609 g/mol. The van der Waals surface area contributed by atoms with E-state index in [0.29, 0.717) is 32.2 Å². The molecule has 0 aromatic rings. The molecule has 0 bridgehead atoms. The average Bonchev–Trinajstić information content (AvgIpc) is 3.35. The fraction of sp³-hybridized carbons (Fsp3) is 0.793. The Morgan fingerprint density at radius 3 is 2.40 bits per heavy atom. The zero-order valence-corrected chi connectivity index (χ0v) is 25.9. The second kappa shape index (κ2) is 13.3. The van der Waals surface area contributed by atoms with E-state index in [1.807, 2.05) is 12.2 Å². The lowest BCUT2D eigenvalue weighted by molar-refractivity contribution is -0.141. The van der Waals surface area contributed by atoms with Gasteiger partial charge in [0.05, 0.1) is 0 Å². The number of hydrogen-bond acceptors (Lipinski definition) is 7. The number of allylic oxidation sites excluding steroid dienone is 1. The number of amides is 4. The molecule has 4 amide bonds. The molecule has 0 unspecified atom stereocenters. The first kappa shape index (κ1) is 32.2. The van der Waals surface area contributed by atoms with E-state index in [2.05, 4.69) is 20.1 Å². The van der Waals surface area contributed by atoms with Crippen molar-refractivity contribution in [1.82, 2.24) is 25.0 Å². The Morgan fingerprint density at radius 2 is 1.69 bits per heavy atom. The Bertz CT molecular complexity index is 1160. The largest absolute Gasteiger partial charge is 0.444 e. The summed E-state index contributed by atoms with van der Waals surface area (Å²) in [6, 6.07) is -1.91. The third kappa shape index (κ3) is 8.46. The maximum absolute atomic E-state index is 13.7. The summed E-state index contributed by atoms with van der Waals surface area (Å²) in [5, 5.41) is 5.55. The molecule has 3 fully saturated rings. The van der Waals surface area contributed by atoms with Gasteiger partial charge in [-0.15, -0.1) is 0 Å². The number of fused-ring (bicyclic) bond motifs is 2. The van der Waals surface area contributed by atoms with Crippen LogP contribution < -0.4 is 20.1 Å². The fourth-order valence-corrected chi connectivity index (χ4v) is 7.39. The first-order valence-corrected chi connectivity index (χ1v) is 16.9. The molecule has 4 atom stereocenters. The lowest BCUT2D eigenvalue weighted by Gasteiger charge is -2.30. The normalized spacial score (nSPS) is 30.5. The van der Waals surface area contributed by atoms with Gasteiger partial charge in [0.2, 0.25) is 11.8 Å². The predicted octanol–water partition coefficient (Wildman–Crippen LogP) is 2.55. The van der Waals surface area contributed by atoms with Crippen LogP contribution in [0.15, 0.2) is 12.2 Å². The molecule has 13 heteroatoms. The summed E-state index contributed by atoms with van der Waals surface area (Å²) in [5.74, 6) is -2.01. The van der Waals surface area contributed by atoms with E-state index in [0.717, 1.165) is 51.4 Å². The van der Waals surface area contributed by atoms with Crippen LogP contribution >= 0.6 is 0 Å². The van der Waals surface area contributed by atoms with Crippen LogP contribution in [-0.2, 0) is 29.3 Å². The quantitative estimate of drug-likeness (QED) is 0.348. The number of nitrogens with one attached hydrogen (secondary N) is 4. The van der Waals surface area contributed by atoms with Gasteiger partial charge in [-0.1, -0.05) is 44.3 Å². The summed E-state index contributed by atoms with van der Waals surface area (Å²) in [4.78, 5) is 54.8. The van der Waals surface area contributed by atoms with Gasteiger partial charge >= 0.3 is 16.3 Å². The maximum Gasteiger partial charge on any atom is 0.408 e. The van der Waals surface area contributed by atoms with E-state index in [9.17, 15) is 27.6 Å². The average molecular weight is 610 g/mol. The number of carbonyl (C=O) groups is 4. The minimum atomic E-state index is -4.12. The summed E-state index contributed by atoms with van der Waals surface area (Å²) in [6.45, 7) is 5.57. The molecule has 42 heavy (non-hydrogen) atoms. The predicted molar refractivity (Wildman–Crippen MR) is 156 cm³/mol. The highest BCUT2D eigenvalue weighted by molar-refractivity contribution is 7.88. The Morgan fingerprint density at radius 1 is 1.00 bits per heavy atom. The van der Waals surface area contributed by atoms with Gasteiger partial charge in [0, 0.05) is 18.5 Å². The maximum atomic E-state index is 13.7. The first-order valence-electron chi connectivity index (χ1n) is 15.4. The molecule has 2 aliphatic carbocycles. The second-order valence-electron chi connectivity index (χ2n) is 13.1. The van der Waals surface area contributed by atoms with Crippen LogP contribution in [0.3, 0.4) is 0 Å². The number of hydrogen-bond donors (Lipinski definition) is 4. The van der Waals surface area contributed by atoms with E-state index in [1.165, 1.54) is 4.90 Å². The smallest absolute Gasteiger partial charge is 0.408 e. The van der Waals surface area contributed by atoms with Gasteiger partial charge in [0.1, 0.15) is 23.2 Å². The van der Waals surface area contributed by atoms with Gasteiger partial charge in [-0.05, 0) is 72.1 Å². The molecule has 0 aromatic carbocycles. The van der Waals surface area contributed by atoms with E-state index < -0.39 is 51.3 Å². The minimum absolute atomic E-state index is 0.223. The molecule has 1 saturated heterocycles. The lowest BCUT2D eigenvalue weighted by atomic mass is 9.96. The summed E-state index contributed by atoms with van der Waals surface area (Å²) >= 11 is 0. The van der Waals surface area contributed by atoms with Crippen LogP contribution in [0.25, 0.3) is 0 Å². The number of carbonyl (C=O) groups excluding carboxylic acids is 4. The van der Waals surface area contributed by atoms with Gasteiger partial charge in [-0.3, -0.25) is 14.4 Å². The molecule has 4 N–H and O–H groups in total. The zero-order chi connectivity index (χ0) is 30.5. The topological polar surface area (TPSA) is 163 Å². The van der Waals surface area contributed by atoms with Crippen molar-refractivity contribution in [3.63, 3.8) is 0 Å². The third-order valence-electron chi connectivity index (χ3n) is 8.48. The van der Waals surface area contributed by atoms with Gasteiger partial charge in [0.15, 0.2) is 0 Å². The molecular weight excluding hydrogens is 562 g/mol. The van der Waals surface area contributed by atoms with Crippen molar-refractivity contribution in [2.75, 3.05) is 6.54 Å². The summed E-state index contributed by atoms with van der Waals surface area (Å²) < 4.78 is 35.9. The van der Waals surface area contributed by atoms with Gasteiger partial charge < -0.3 is 20.3 Å². The van der Waals surface area contributed by atoms with Crippen LogP contribution in [0.5, 0.6) is 0 Å². The molecule has 2 aliphatic heterocycles. The second-order valence-corrected chi connectivity index (χ2v) is 14.6. The standard InChI is InChI=1S/C29H47N5O7S/c1-28(2,3)41-27(38)30-22-16-11-6-4-5-8-13-20-19-29(20,31-24(35)23-17-12-18-34(23)25(22)36)26(37)33-42(39,40)32-21-14-9-7-10-15-21/h8,13,20-23,32H,4-7,9-12,14-19H2,1-3H3,(H,30,38)(H,31,35)(H,33,37)/b13-8-/t20-,22+,23+,29-/m1/s1. The van der Waals surface area contributed by atoms with Crippen LogP contribution in [0.1, 0.15) is 104 Å². The molecule has 2 heterocycles. The van der Waals surface area contributed by atoms with Crippen molar-refractivity contribution in [2.24, 2.45) is 5.92 Å². The molecule has 0 spiro atoms. The van der Waals surface area contributed by atoms with E-state index >= 15 is 0 Å². The molecule has 236 valence electrons. The number of rotatable bonds is 5. The van der Waals surface area contributed by atoms with Gasteiger partial charge in [0.25, 0.3) is 5.91 Å². The van der Waals surface area contributed by atoms with Gasteiger partial charge in [-0.25, -0.2) is 9.52 Å².